The highest BCUT2D eigenvalue weighted by molar-refractivity contribution is 5.88. The van der Waals surface area contributed by atoms with Crippen molar-refractivity contribution in [1.29, 1.82) is 0 Å². The number of aliphatic hydroxyl groups excluding tert-OH is 1. The Morgan fingerprint density at radius 1 is 1.15 bits per heavy atom. The van der Waals surface area contributed by atoms with Crippen LogP contribution in [0, 0.1) is 0 Å². The van der Waals surface area contributed by atoms with E-state index in [1.54, 1.807) is 0 Å². The second-order valence-electron chi connectivity index (χ2n) is 5.41. The fraction of sp³-hybridized carbons (Fsp3) is 0.412. The number of nitrogens with one attached hydrogen (secondary N) is 1. The number of aliphatic hydroxyl groups is 1. The Labute approximate surface area is 119 Å². The predicted octanol–water partition coefficient (Wildman–Crippen LogP) is 2.72. The molecule has 0 spiro atoms. The average Bonchev–Trinajstić information content (AvgIpc) is 2.53. The molecular weight excluding hydrogens is 250 g/mol. The first kappa shape index (κ1) is 13.4. The first-order valence-corrected chi connectivity index (χ1v) is 7.36. The van der Waals surface area contributed by atoms with Crippen LogP contribution in [0.5, 0.6) is 5.75 Å². The molecule has 0 aliphatic carbocycles. The first-order valence-electron chi connectivity index (χ1n) is 7.36. The zero-order valence-electron chi connectivity index (χ0n) is 11.6. The van der Waals surface area contributed by atoms with Crippen LogP contribution in [0.2, 0.25) is 0 Å². The molecule has 2 N–H and O–H groups in total. The zero-order valence-corrected chi connectivity index (χ0v) is 11.6. The van der Waals surface area contributed by atoms with Crippen molar-refractivity contribution < 1.29 is 9.84 Å². The maximum Gasteiger partial charge on any atom is 0.127 e. The van der Waals surface area contributed by atoms with Gasteiger partial charge in [0.15, 0.2) is 0 Å². The SMILES string of the molecule is O[C@H](COc1cccc2ccccc12)[C@H]1CCCCN1. The molecule has 20 heavy (non-hydrogen) atoms. The van der Waals surface area contributed by atoms with Crippen molar-refractivity contribution in [2.24, 2.45) is 0 Å². The summed E-state index contributed by atoms with van der Waals surface area (Å²) in [7, 11) is 0. The molecule has 1 aliphatic rings. The molecule has 3 rings (SSSR count). The van der Waals surface area contributed by atoms with Crippen molar-refractivity contribution in [3.63, 3.8) is 0 Å². The molecule has 2 atom stereocenters. The lowest BCUT2D eigenvalue weighted by atomic mass is 10.0. The molecular formula is C17H21NO2. The van der Waals surface area contributed by atoms with Crippen LogP contribution in [0.1, 0.15) is 19.3 Å². The van der Waals surface area contributed by atoms with E-state index in [0.717, 1.165) is 29.5 Å². The van der Waals surface area contributed by atoms with Crippen LogP contribution < -0.4 is 10.1 Å². The van der Waals surface area contributed by atoms with Crippen LogP contribution >= 0.6 is 0 Å². The Morgan fingerprint density at radius 2 is 2.00 bits per heavy atom. The first-order chi connectivity index (χ1) is 9.84. The maximum absolute atomic E-state index is 10.2. The van der Waals surface area contributed by atoms with Gasteiger partial charge >= 0.3 is 0 Å². The lowest BCUT2D eigenvalue weighted by molar-refractivity contribution is 0.0645. The van der Waals surface area contributed by atoms with Gasteiger partial charge < -0.3 is 15.2 Å². The van der Waals surface area contributed by atoms with Crippen LogP contribution in [-0.4, -0.2) is 30.4 Å². The van der Waals surface area contributed by atoms with Crippen molar-refractivity contribution in [2.75, 3.05) is 13.2 Å². The summed E-state index contributed by atoms with van der Waals surface area (Å²) in [6.07, 6.45) is 2.96. The molecule has 0 saturated carbocycles. The van der Waals surface area contributed by atoms with E-state index in [9.17, 15) is 5.11 Å². The smallest absolute Gasteiger partial charge is 0.127 e. The van der Waals surface area contributed by atoms with Crippen LogP contribution in [0.25, 0.3) is 10.8 Å². The Hall–Kier alpha value is -1.58. The number of ether oxygens (including phenoxy) is 1. The van der Waals surface area contributed by atoms with E-state index < -0.39 is 6.10 Å². The minimum absolute atomic E-state index is 0.165. The molecule has 1 heterocycles. The fourth-order valence-electron chi connectivity index (χ4n) is 2.82. The number of benzene rings is 2. The lowest BCUT2D eigenvalue weighted by Gasteiger charge is -2.28. The van der Waals surface area contributed by atoms with Gasteiger partial charge in [-0.25, -0.2) is 0 Å². The number of piperidine rings is 1. The number of hydrogen-bond donors (Lipinski definition) is 2. The Bertz CT molecular complexity index is 558. The van der Waals surface area contributed by atoms with Crippen LogP contribution in [0.4, 0.5) is 0 Å². The quantitative estimate of drug-likeness (QED) is 0.898. The van der Waals surface area contributed by atoms with E-state index in [-0.39, 0.29) is 6.04 Å². The molecule has 1 aliphatic heterocycles. The molecule has 1 saturated heterocycles. The minimum Gasteiger partial charge on any atom is -0.490 e. The van der Waals surface area contributed by atoms with Gasteiger partial charge in [0.1, 0.15) is 18.5 Å². The highest BCUT2D eigenvalue weighted by Gasteiger charge is 2.21. The maximum atomic E-state index is 10.2. The Balaban J connectivity index is 1.67. The van der Waals surface area contributed by atoms with Crippen molar-refractivity contribution in [2.45, 2.75) is 31.4 Å². The highest BCUT2D eigenvalue weighted by atomic mass is 16.5. The summed E-state index contributed by atoms with van der Waals surface area (Å²) < 4.78 is 5.84. The molecule has 3 nitrogen and oxygen atoms in total. The monoisotopic (exact) mass is 271 g/mol. The average molecular weight is 271 g/mol. The Morgan fingerprint density at radius 3 is 2.85 bits per heavy atom. The van der Waals surface area contributed by atoms with Gasteiger partial charge in [0.25, 0.3) is 0 Å². The van der Waals surface area contributed by atoms with Crippen molar-refractivity contribution in [3.05, 3.63) is 42.5 Å². The third-order valence-electron chi connectivity index (χ3n) is 3.97. The molecule has 2 aromatic carbocycles. The van der Waals surface area contributed by atoms with Gasteiger partial charge in [-0.15, -0.1) is 0 Å². The van der Waals surface area contributed by atoms with Crippen molar-refractivity contribution in [1.82, 2.24) is 5.32 Å². The third-order valence-corrected chi connectivity index (χ3v) is 3.97. The topological polar surface area (TPSA) is 41.5 Å². The molecule has 1 fully saturated rings. The van der Waals surface area contributed by atoms with E-state index in [1.165, 1.54) is 12.8 Å². The normalized spacial score (nSPS) is 20.8. The molecule has 0 radical (unpaired) electrons. The molecule has 0 aromatic heterocycles. The largest absolute Gasteiger partial charge is 0.490 e. The molecule has 106 valence electrons. The molecule has 0 bridgehead atoms. The van der Waals surface area contributed by atoms with Gasteiger partial charge in [0.05, 0.1) is 0 Å². The summed E-state index contributed by atoms with van der Waals surface area (Å²) in [6.45, 7) is 1.33. The number of rotatable bonds is 4. The van der Waals surface area contributed by atoms with Gasteiger partial charge in [-0.1, -0.05) is 42.8 Å². The number of fused-ring (bicyclic) bond motifs is 1. The standard InChI is InChI=1S/C17H21NO2/c19-16(15-9-3-4-11-18-15)12-20-17-10-5-7-13-6-1-2-8-14(13)17/h1-2,5-8,10,15-16,18-19H,3-4,9,11-12H2/t15-,16-/m1/s1. The second kappa shape index (κ2) is 6.25. The van der Waals surface area contributed by atoms with Gasteiger partial charge in [0.2, 0.25) is 0 Å². The third kappa shape index (κ3) is 2.94. The molecule has 2 aromatic rings. The van der Waals surface area contributed by atoms with E-state index in [2.05, 4.69) is 23.5 Å². The van der Waals surface area contributed by atoms with E-state index >= 15 is 0 Å². The number of hydrogen-bond acceptors (Lipinski definition) is 3. The van der Waals surface area contributed by atoms with E-state index in [0.29, 0.717) is 6.61 Å². The molecule has 0 amide bonds. The van der Waals surface area contributed by atoms with Crippen LogP contribution in [0.3, 0.4) is 0 Å². The van der Waals surface area contributed by atoms with Crippen LogP contribution in [-0.2, 0) is 0 Å². The molecule has 3 heteroatoms. The second-order valence-corrected chi connectivity index (χ2v) is 5.41. The fourth-order valence-corrected chi connectivity index (χ4v) is 2.82. The highest BCUT2D eigenvalue weighted by Crippen LogP contribution is 2.25. The Kier molecular flexibility index (Phi) is 4.19. The van der Waals surface area contributed by atoms with E-state index in [4.69, 9.17) is 4.74 Å². The van der Waals surface area contributed by atoms with Gasteiger partial charge in [-0.3, -0.25) is 0 Å². The summed E-state index contributed by atoms with van der Waals surface area (Å²) in [4.78, 5) is 0. The van der Waals surface area contributed by atoms with Gasteiger partial charge in [0, 0.05) is 11.4 Å². The van der Waals surface area contributed by atoms with Crippen molar-refractivity contribution >= 4 is 10.8 Å². The summed E-state index contributed by atoms with van der Waals surface area (Å²) in [5, 5.41) is 15.8. The van der Waals surface area contributed by atoms with Gasteiger partial charge in [-0.05, 0) is 30.8 Å². The van der Waals surface area contributed by atoms with Gasteiger partial charge in [-0.2, -0.15) is 0 Å². The minimum atomic E-state index is -0.450. The lowest BCUT2D eigenvalue weighted by Crippen LogP contribution is -2.45. The molecule has 0 unspecified atom stereocenters. The zero-order chi connectivity index (χ0) is 13.8. The van der Waals surface area contributed by atoms with E-state index in [1.807, 2.05) is 24.3 Å². The summed E-state index contributed by atoms with van der Waals surface area (Å²) in [5.41, 5.74) is 0. The summed E-state index contributed by atoms with van der Waals surface area (Å²) in [6, 6.07) is 14.3. The summed E-state index contributed by atoms with van der Waals surface area (Å²) in [5.74, 6) is 0.845. The van der Waals surface area contributed by atoms with Crippen molar-refractivity contribution in [3.8, 4) is 5.75 Å². The predicted molar refractivity (Wildman–Crippen MR) is 81.1 cm³/mol. The van der Waals surface area contributed by atoms with Crippen LogP contribution in [0.15, 0.2) is 42.5 Å². The summed E-state index contributed by atoms with van der Waals surface area (Å²) >= 11 is 0.